The molecular weight excluding hydrogens is 454 g/mol. The highest BCUT2D eigenvalue weighted by molar-refractivity contribution is 7.99. The van der Waals surface area contributed by atoms with E-state index in [1.807, 2.05) is 36.4 Å². The third kappa shape index (κ3) is 6.98. The molecule has 0 aromatic heterocycles. The van der Waals surface area contributed by atoms with E-state index in [1.165, 1.54) is 16.7 Å². The Morgan fingerprint density at radius 1 is 1.12 bits per heavy atom. The Hall–Kier alpha value is -3.04. The van der Waals surface area contributed by atoms with Crippen molar-refractivity contribution in [2.75, 3.05) is 24.2 Å². The van der Waals surface area contributed by atoms with Crippen LogP contribution in [0.2, 0.25) is 0 Å². The van der Waals surface area contributed by atoms with E-state index in [0.29, 0.717) is 17.9 Å². The van der Waals surface area contributed by atoms with Crippen molar-refractivity contribution in [1.82, 2.24) is 10.2 Å². The Labute approximate surface area is 204 Å². The Bertz CT molecular complexity index is 1010. The molecule has 0 unspecified atom stereocenters. The van der Waals surface area contributed by atoms with Gasteiger partial charge in [0.25, 0.3) is 0 Å². The van der Waals surface area contributed by atoms with Crippen LogP contribution in [0.3, 0.4) is 0 Å². The number of urea groups is 1. The van der Waals surface area contributed by atoms with Crippen molar-refractivity contribution in [3.05, 3.63) is 65.7 Å². The highest BCUT2D eigenvalue weighted by Crippen LogP contribution is 2.41. The van der Waals surface area contributed by atoms with Crippen LogP contribution in [0.25, 0.3) is 0 Å². The lowest BCUT2D eigenvalue weighted by molar-refractivity contribution is -0.163. The molecule has 1 aliphatic rings. The molecule has 1 aliphatic heterocycles. The molecule has 1 saturated heterocycles. The monoisotopic (exact) mass is 485 g/mol. The van der Waals surface area contributed by atoms with Crippen molar-refractivity contribution in [1.29, 1.82) is 0 Å². The Kier molecular flexibility index (Phi) is 8.57. The number of nitrogens with one attached hydrogen (secondary N) is 2. The first kappa shape index (κ1) is 25.6. The molecule has 1 fully saturated rings. The number of hydrogen-bond acceptors (Lipinski definition) is 6. The number of amides is 3. The van der Waals surface area contributed by atoms with Gasteiger partial charge in [-0.3, -0.25) is 4.79 Å². The van der Waals surface area contributed by atoms with E-state index in [0.717, 1.165) is 11.1 Å². The van der Waals surface area contributed by atoms with Crippen LogP contribution in [0.5, 0.6) is 0 Å². The number of carbonyl (C=O) groups excluding carboxylic acids is 3. The number of benzene rings is 2. The van der Waals surface area contributed by atoms with E-state index >= 15 is 0 Å². The van der Waals surface area contributed by atoms with Crippen LogP contribution in [0.15, 0.2) is 54.6 Å². The molecule has 9 heteroatoms. The van der Waals surface area contributed by atoms with Crippen molar-refractivity contribution in [2.24, 2.45) is 0 Å². The average Bonchev–Trinajstić information content (AvgIpc) is 3.23. The van der Waals surface area contributed by atoms with E-state index in [9.17, 15) is 14.4 Å². The largest absolute Gasteiger partial charge is 0.458 e. The maximum Gasteiger partial charge on any atom is 0.330 e. The second kappa shape index (κ2) is 11.4. The number of anilines is 1. The van der Waals surface area contributed by atoms with Gasteiger partial charge in [-0.15, -0.1) is 11.8 Å². The molecule has 182 valence electrons. The molecule has 0 spiro atoms. The van der Waals surface area contributed by atoms with Gasteiger partial charge in [0.15, 0.2) is 0 Å². The van der Waals surface area contributed by atoms with Crippen LogP contribution < -0.4 is 10.6 Å². The summed E-state index contributed by atoms with van der Waals surface area (Å²) in [6.07, 6.45) is 0.481. The molecule has 0 saturated carbocycles. The topological polar surface area (TPSA) is 108 Å². The second-order valence-electron chi connectivity index (χ2n) is 8.93. The second-order valence-corrected chi connectivity index (χ2v) is 10.0. The van der Waals surface area contributed by atoms with Crippen molar-refractivity contribution >= 4 is 35.4 Å². The summed E-state index contributed by atoms with van der Waals surface area (Å²) in [6.45, 7) is 5.10. The van der Waals surface area contributed by atoms with Crippen LogP contribution in [-0.2, 0) is 20.7 Å². The number of aliphatic hydroxyl groups excluding tert-OH is 1. The highest BCUT2D eigenvalue weighted by Gasteiger charge is 2.43. The highest BCUT2D eigenvalue weighted by atomic mass is 32.2. The fourth-order valence-electron chi connectivity index (χ4n) is 3.59. The molecule has 8 nitrogen and oxygen atoms in total. The van der Waals surface area contributed by atoms with Gasteiger partial charge in [0.2, 0.25) is 5.91 Å². The first-order valence-electron chi connectivity index (χ1n) is 11.1. The zero-order valence-corrected chi connectivity index (χ0v) is 20.4. The number of nitrogens with zero attached hydrogens (tertiary/aromatic N) is 1. The number of rotatable bonds is 7. The predicted molar refractivity (Wildman–Crippen MR) is 132 cm³/mol. The molecule has 3 N–H and O–H groups in total. The van der Waals surface area contributed by atoms with Crippen LogP contribution in [0.1, 0.15) is 37.3 Å². The van der Waals surface area contributed by atoms with Crippen LogP contribution in [0.4, 0.5) is 10.5 Å². The average molecular weight is 486 g/mol. The van der Waals surface area contributed by atoms with Crippen molar-refractivity contribution in [2.45, 2.75) is 44.2 Å². The first-order valence-corrected chi connectivity index (χ1v) is 12.2. The summed E-state index contributed by atoms with van der Waals surface area (Å²) in [6, 6.07) is 15.3. The minimum atomic E-state index is -0.748. The summed E-state index contributed by atoms with van der Waals surface area (Å²) < 4.78 is 5.56. The van der Waals surface area contributed by atoms with Gasteiger partial charge in [0.1, 0.15) is 17.0 Å². The fourth-order valence-corrected chi connectivity index (χ4v) is 5.03. The molecule has 0 bridgehead atoms. The van der Waals surface area contributed by atoms with Crippen LogP contribution in [-0.4, -0.2) is 58.5 Å². The fraction of sp³-hybridized carbons (Fsp3) is 0.400. The molecule has 2 atom stereocenters. The van der Waals surface area contributed by atoms with E-state index < -0.39 is 23.6 Å². The molecule has 2 aromatic rings. The molecule has 1 heterocycles. The quantitative estimate of drug-likeness (QED) is 0.519. The molecule has 0 aliphatic carbocycles. The van der Waals surface area contributed by atoms with Crippen molar-refractivity contribution in [3.63, 3.8) is 0 Å². The molecule has 3 rings (SSSR count). The predicted octanol–water partition coefficient (Wildman–Crippen LogP) is 3.33. The number of thioether (sulfide) groups is 1. The molecule has 0 radical (unpaired) electrons. The minimum Gasteiger partial charge on any atom is -0.458 e. The molecule has 34 heavy (non-hydrogen) atoms. The minimum absolute atomic E-state index is 0.0133. The smallest absolute Gasteiger partial charge is 0.330 e. The zero-order valence-electron chi connectivity index (χ0n) is 19.6. The van der Waals surface area contributed by atoms with Crippen molar-refractivity contribution < 1.29 is 24.2 Å². The van der Waals surface area contributed by atoms with E-state index in [4.69, 9.17) is 9.84 Å². The number of ether oxygens (including phenoxy) is 1. The van der Waals surface area contributed by atoms with Gasteiger partial charge < -0.3 is 25.4 Å². The Morgan fingerprint density at radius 2 is 1.85 bits per heavy atom. The summed E-state index contributed by atoms with van der Waals surface area (Å²) in [4.78, 5) is 40.0. The maximum absolute atomic E-state index is 13.2. The Morgan fingerprint density at radius 3 is 2.53 bits per heavy atom. The van der Waals surface area contributed by atoms with Gasteiger partial charge in [-0.1, -0.05) is 42.5 Å². The summed E-state index contributed by atoms with van der Waals surface area (Å²) in [7, 11) is 0. The molecule has 3 amide bonds. The standard InChI is InChI=1S/C25H31N3O5S/c1-25(2,3)33-23(31)20-16-34-22(18-9-5-4-6-10-18)28(20)21(30)15-26-24(32)27-19-11-7-8-17(14-19)12-13-29/h4-11,14,20,22,29H,12-13,15-16H2,1-3H3,(H2,26,27,32)/t20-,22+/m0/s1. The van der Waals surface area contributed by atoms with Gasteiger partial charge in [-0.2, -0.15) is 0 Å². The van der Waals surface area contributed by atoms with Crippen LogP contribution in [0, 0.1) is 0 Å². The lowest BCUT2D eigenvalue weighted by atomic mass is 10.1. The summed E-state index contributed by atoms with van der Waals surface area (Å²) >= 11 is 1.49. The van der Waals surface area contributed by atoms with Gasteiger partial charge >= 0.3 is 12.0 Å². The van der Waals surface area contributed by atoms with E-state index in [1.54, 1.807) is 39.0 Å². The number of hydrogen-bond donors (Lipinski definition) is 3. The van der Waals surface area contributed by atoms with E-state index in [-0.39, 0.29) is 24.4 Å². The van der Waals surface area contributed by atoms with Gasteiger partial charge in [-0.05, 0) is 50.5 Å². The summed E-state index contributed by atoms with van der Waals surface area (Å²) in [5, 5.41) is 14.0. The first-order chi connectivity index (χ1) is 16.2. The van der Waals surface area contributed by atoms with Gasteiger partial charge in [0.05, 0.1) is 6.54 Å². The lowest BCUT2D eigenvalue weighted by Gasteiger charge is -2.30. The van der Waals surface area contributed by atoms with Gasteiger partial charge in [-0.25, -0.2) is 9.59 Å². The number of esters is 1. The van der Waals surface area contributed by atoms with Gasteiger partial charge in [0, 0.05) is 18.0 Å². The SMILES string of the molecule is CC(C)(C)OC(=O)[C@@H]1CS[C@H](c2ccccc2)N1C(=O)CNC(=O)Nc1cccc(CCO)c1. The summed E-state index contributed by atoms with van der Waals surface area (Å²) in [5.74, 6) is -0.430. The molecule has 2 aromatic carbocycles. The normalized spacial score (nSPS) is 17.8. The number of aliphatic hydroxyl groups is 1. The summed E-state index contributed by atoms with van der Waals surface area (Å²) in [5.41, 5.74) is 1.67. The Balaban J connectivity index is 1.69. The maximum atomic E-state index is 13.2. The zero-order chi connectivity index (χ0) is 24.7. The van der Waals surface area contributed by atoms with Crippen molar-refractivity contribution in [3.8, 4) is 0 Å². The van der Waals surface area contributed by atoms with Crippen LogP contribution >= 0.6 is 11.8 Å². The third-order valence-electron chi connectivity index (χ3n) is 5.04. The lowest BCUT2D eigenvalue weighted by Crippen LogP contribution is -2.49. The van der Waals surface area contributed by atoms with E-state index in [2.05, 4.69) is 10.6 Å². The third-order valence-corrected chi connectivity index (χ3v) is 6.36. The number of carbonyl (C=O) groups is 3. The molecular formula is C25H31N3O5S.